The van der Waals surface area contributed by atoms with E-state index in [-0.39, 0.29) is 11.9 Å². The van der Waals surface area contributed by atoms with E-state index < -0.39 is 0 Å². The maximum atomic E-state index is 13.5. The molecule has 0 bridgehead atoms. The topological polar surface area (TPSA) is 39.2 Å². The van der Waals surface area contributed by atoms with Gasteiger partial charge in [-0.05, 0) is 30.7 Å². The first-order valence-electron chi connectivity index (χ1n) is 4.90. The maximum absolute atomic E-state index is 13.5. The van der Waals surface area contributed by atoms with Gasteiger partial charge in [0.05, 0.1) is 12.3 Å². The predicted octanol–water partition coefficient (Wildman–Crippen LogP) is 3.31. The molecule has 16 heavy (non-hydrogen) atoms. The molecule has 0 spiro atoms. The predicted molar refractivity (Wildman–Crippen MR) is 60.8 cm³/mol. The van der Waals surface area contributed by atoms with E-state index >= 15 is 0 Å². The molecule has 1 unspecified atom stereocenters. The van der Waals surface area contributed by atoms with Crippen LogP contribution in [0.5, 0.6) is 0 Å². The van der Waals surface area contributed by atoms with E-state index in [1.807, 2.05) is 0 Å². The summed E-state index contributed by atoms with van der Waals surface area (Å²) in [5.41, 5.74) is 6.31. The molecule has 0 aliphatic carbocycles. The van der Waals surface area contributed by atoms with Crippen LogP contribution < -0.4 is 5.73 Å². The zero-order chi connectivity index (χ0) is 11.5. The van der Waals surface area contributed by atoms with E-state index in [1.54, 1.807) is 24.3 Å². The monoisotopic (exact) mass is 239 g/mol. The third-order valence-corrected chi connectivity index (χ3v) is 2.75. The van der Waals surface area contributed by atoms with Gasteiger partial charge in [-0.1, -0.05) is 17.7 Å². The van der Waals surface area contributed by atoms with Crippen molar-refractivity contribution in [1.29, 1.82) is 0 Å². The van der Waals surface area contributed by atoms with Gasteiger partial charge in [-0.2, -0.15) is 0 Å². The maximum Gasteiger partial charge on any atom is 0.127 e. The number of nitrogens with two attached hydrogens (primary N) is 1. The highest BCUT2D eigenvalue weighted by molar-refractivity contribution is 6.31. The molecule has 0 aliphatic heterocycles. The summed E-state index contributed by atoms with van der Waals surface area (Å²) in [7, 11) is 0. The summed E-state index contributed by atoms with van der Waals surface area (Å²) in [6.45, 7) is 0. The summed E-state index contributed by atoms with van der Waals surface area (Å²) in [6.07, 6.45) is 1.86. The van der Waals surface area contributed by atoms with Crippen molar-refractivity contribution >= 4 is 11.6 Å². The fourth-order valence-corrected chi connectivity index (χ4v) is 1.79. The van der Waals surface area contributed by atoms with Crippen molar-refractivity contribution in [3.8, 4) is 0 Å². The van der Waals surface area contributed by atoms with Crippen molar-refractivity contribution in [3.05, 3.63) is 58.8 Å². The average molecular weight is 240 g/mol. The van der Waals surface area contributed by atoms with Crippen LogP contribution in [-0.4, -0.2) is 0 Å². The Kier molecular flexibility index (Phi) is 3.27. The number of rotatable bonds is 3. The van der Waals surface area contributed by atoms with Crippen LogP contribution in [0, 0.1) is 5.82 Å². The Morgan fingerprint density at radius 2 is 2.12 bits per heavy atom. The van der Waals surface area contributed by atoms with Gasteiger partial charge in [0.2, 0.25) is 0 Å². The van der Waals surface area contributed by atoms with E-state index in [1.165, 1.54) is 12.3 Å². The second-order valence-corrected chi connectivity index (χ2v) is 3.93. The van der Waals surface area contributed by atoms with Crippen LogP contribution in [0.2, 0.25) is 5.02 Å². The molecule has 84 valence electrons. The highest BCUT2D eigenvalue weighted by atomic mass is 35.5. The molecule has 1 aromatic heterocycles. The number of benzene rings is 1. The third kappa shape index (κ3) is 2.26. The molecule has 2 aromatic rings. The van der Waals surface area contributed by atoms with E-state index in [9.17, 15) is 4.39 Å². The van der Waals surface area contributed by atoms with Gasteiger partial charge in [-0.3, -0.25) is 0 Å². The Balaban J connectivity index is 2.21. The van der Waals surface area contributed by atoms with Crippen LogP contribution >= 0.6 is 11.6 Å². The first-order chi connectivity index (χ1) is 7.68. The fourth-order valence-electron chi connectivity index (χ4n) is 1.55. The van der Waals surface area contributed by atoms with Crippen LogP contribution in [-0.2, 0) is 6.42 Å². The van der Waals surface area contributed by atoms with Crippen LogP contribution in [0.1, 0.15) is 17.4 Å². The van der Waals surface area contributed by atoms with Gasteiger partial charge in [0.15, 0.2) is 0 Å². The lowest BCUT2D eigenvalue weighted by molar-refractivity contribution is 0.460. The molecule has 0 radical (unpaired) electrons. The summed E-state index contributed by atoms with van der Waals surface area (Å²) >= 11 is 5.91. The molecule has 0 saturated heterocycles. The first-order valence-corrected chi connectivity index (χ1v) is 5.28. The molecular formula is C12H11ClFNO. The Labute approximate surface area is 97.8 Å². The zero-order valence-corrected chi connectivity index (χ0v) is 9.25. The van der Waals surface area contributed by atoms with E-state index in [0.29, 0.717) is 22.8 Å². The number of furan rings is 1. The standard InChI is InChI=1S/C12H11ClFNO/c13-9-3-1-4-10(14)8(9)7-11(15)12-5-2-6-16-12/h1-6,11H,7,15H2. The molecule has 0 amide bonds. The van der Waals surface area contributed by atoms with Crippen LogP contribution in [0.25, 0.3) is 0 Å². The van der Waals surface area contributed by atoms with Gasteiger partial charge in [0.1, 0.15) is 11.6 Å². The molecule has 2 nitrogen and oxygen atoms in total. The average Bonchev–Trinajstić information content (AvgIpc) is 2.76. The summed E-state index contributed by atoms with van der Waals surface area (Å²) in [5, 5.41) is 0.391. The smallest absolute Gasteiger partial charge is 0.127 e. The van der Waals surface area contributed by atoms with Gasteiger partial charge >= 0.3 is 0 Å². The second-order valence-electron chi connectivity index (χ2n) is 3.53. The minimum atomic E-state index is -0.385. The summed E-state index contributed by atoms with van der Waals surface area (Å²) in [4.78, 5) is 0. The number of halogens is 2. The van der Waals surface area contributed by atoms with Crippen molar-refractivity contribution in [3.63, 3.8) is 0 Å². The zero-order valence-electron chi connectivity index (χ0n) is 8.49. The molecule has 0 saturated carbocycles. The lowest BCUT2D eigenvalue weighted by Gasteiger charge is -2.10. The molecule has 4 heteroatoms. The molecule has 2 N–H and O–H groups in total. The molecule has 1 heterocycles. The fraction of sp³-hybridized carbons (Fsp3) is 0.167. The van der Waals surface area contributed by atoms with Crippen molar-refractivity contribution < 1.29 is 8.81 Å². The number of hydrogen-bond donors (Lipinski definition) is 1. The van der Waals surface area contributed by atoms with Gasteiger partial charge in [-0.15, -0.1) is 0 Å². The third-order valence-electron chi connectivity index (χ3n) is 2.39. The highest BCUT2D eigenvalue weighted by Gasteiger charge is 2.14. The van der Waals surface area contributed by atoms with Crippen molar-refractivity contribution in [2.75, 3.05) is 0 Å². The summed E-state index contributed by atoms with van der Waals surface area (Å²) in [5.74, 6) is 0.286. The first kappa shape index (κ1) is 11.2. The summed E-state index contributed by atoms with van der Waals surface area (Å²) < 4.78 is 18.6. The van der Waals surface area contributed by atoms with E-state index in [4.69, 9.17) is 21.8 Å². The van der Waals surface area contributed by atoms with Gasteiger partial charge in [0.25, 0.3) is 0 Å². The van der Waals surface area contributed by atoms with Crippen LogP contribution in [0.4, 0.5) is 4.39 Å². The molecule has 2 rings (SSSR count). The van der Waals surface area contributed by atoms with E-state index in [2.05, 4.69) is 0 Å². The second kappa shape index (κ2) is 4.68. The van der Waals surface area contributed by atoms with Crippen LogP contribution in [0.15, 0.2) is 41.0 Å². The van der Waals surface area contributed by atoms with Crippen molar-refractivity contribution in [2.45, 2.75) is 12.5 Å². The normalized spacial score (nSPS) is 12.7. The Bertz CT molecular complexity index is 450. The molecule has 1 atom stereocenters. The Morgan fingerprint density at radius 1 is 1.31 bits per heavy atom. The van der Waals surface area contributed by atoms with Gasteiger partial charge < -0.3 is 10.2 Å². The van der Waals surface area contributed by atoms with E-state index in [0.717, 1.165) is 0 Å². The minimum Gasteiger partial charge on any atom is -0.468 e. The Hall–Kier alpha value is -1.32. The Morgan fingerprint density at radius 3 is 2.75 bits per heavy atom. The van der Waals surface area contributed by atoms with Crippen LogP contribution in [0.3, 0.4) is 0 Å². The van der Waals surface area contributed by atoms with Crippen molar-refractivity contribution in [1.82, 2.24) is 0 Å². The molecule has 0 aliphatic rings. The SMILES string of the molecule is NC(Cc1c(F)cccc1Cl)c1ccco1. The molecular weight excluding hydrogens is 229 g/mol. The number of hydrogen-bond acceptors (Lipinski definition) is 2. The highest BCUT2D eigenvalue weighted by Crippen LogP contribution is 2.24. The lowest BCUT2D eigenvalue weighted by atomic mass is 10.0. The molecule has 1 aromatic carbocycles. The largest absolute Gasteiger partial charge is 0.468 e. The van der Waals surface area contributed by atoms with Crippen molar-refractivity contribution in [2.24, 2.45) is 5.73 Å². The molecule has 0 fully saturated rings. The van der Waals surface area contributed by atoms with Gasteiger partial charge in [-0.25, -0.2) is 4.39 Å². The summed E-state index contributed by atoms with van der Waals surface area (Å²) in [6, 6.07) is 7.71. The lowest BCUT2D eigenvalue weighted by Crippen LogP contribution is -2.13. The quantitative estimate of drug-likeness (QED) is 0.893. The van der Waals surface area contributed by atoms with Gasteiger partial charge in [0, 0.05) is 10.6 Å². The minimum absolute atomic E-state index is 0.318.